The minimum atomic E-state index is -0.162. The number of hydrogen-bond acceptors (Lipinski definition) is 6. The van der Waals surface area contributed by atoms with Crippen molar-refractivity contribution >= 4 is 17.4 Å². The molecule has 0 saturated heterocycles. The Labute approximate surface area is 218 Å². The van der Waals surface area contributed by atoms with Crippen LogP contribution in [0.1, 0.15) is 52.0 Å². The summed E-state index contributed by atoms with van der Waals surface area (Å²) in [5.41, 5.74) is 5.98. The lowest BCUT2D eigenvalue weighted by molar-refractivity contribution is 0.0519. The molecule has 2 aromatic carbocycles. The lowest BCUT2D eigenvalue weighted by Crippen LogP contribution is -2.45. The molecule has 1 N–H and O–H groups in total. The molecule has 5 nitrogen and oxygen atoms in total. The third-order valence-electron chi connectivity index (χ3n) is 8.34. The summed E-state index contributed by atoms with van der Waals surface area (Å²) in [5, 5.41) is 13.5. The zero-order chi connectivity index (χ0) is 24.7. The molecule has 3 aliphatic rings. The van der Waals surface area contributed by atoms with Crippen LogP contribution in [0.2, 0.25) is 0 Å². The Kier molecular flexibility index (Phi) is 6.24. The van der Waals surface area contributed by atoms with E-state index in [0.29, 0.717) is 39.9 Å². The van der Waals surface area contributed by atoms with Gasteiger partial charge in [-0.15, -0.1) is 10.2 Å². The molecule has 0 spiro atoms. The summed E-state index contributed by atoms with van der Waals surface area (Å²) < 4.78 is 6.73. The monoisotopic (exact) mass is 498 g/mol. The van der Waals surface area contributed by atoms with Crippen LogP contribution in [0.3, 0.4) is 0 Å². The largest absolute Gasteiger partial charge is 0.452 e. The number of fused-ring (bicyclic) bond motifs is 4. The van der Waals surface area contributed by atoms with E-state index in [4.69, 9.17) is 9.72 Å². The average Bonchev–Trinajstić information content (AvgIpc) is 3.04. The highest BCUT2D eigenvalue weighted by Crippen LogP contribution is 2.52. The van der Waals surface area contributed by atoms with Crippen molar-refractivity contribution in [1.29, 1.82) is 0 Å². The summed E-state index contributed by atoms with van der Waals surface area (Å²) in [5.74, 6) is 2.88. The number of allylic oxidation sites excluding steroid dienone is 2. The maximum atomic E-state index is 6.73. The minimum absolute atomic E-state index is 0.162. The Bertz CT molecular complexity index is 1270. The van der Waals surface area contributed by atoms with Gasteiger partial charge >= 0.3 is 0 Å². The van der Waals surface area contributed by atoms with Crippen molar-refractivity contribution < 1.29 is 4.74 Å². The van der Waals surface area contributed by atoms with E-state index in [-0.39, 0.29) is 6.23 Å². The number of rotatable bonds is 4. The van der Waals surface area contributed by atoms with Gasteiger partial charge in [-0.05, 0) is 54.6 Å². The number of nitrogens with zero attached hydrogens (tertiary/aromatic N) is 3. The number of hydrogen-bond donors (Lipinski definition) is 1. The molecule has 36 heavy (non-hydrogen) atoms. The third kappa shape index (κ3) is 4.52. The maximum absolute atomic E-state index is 6.73. The van der Waals surface area contributed by atoms with E-state index in [0.717, 1.165) is 29.8 Å². The van der Waals surface area contributed by atoms with Crippen LogP contribution in [0.25, 0.3) is 11.3 Å². The molecule has 6 heteroatoms. The van der Waals surface area contributed by atoms with E-state index in [2.05, 4.69) is 84.8 Å². The molecule has 6 rings (SSSR count). The highest BCUT2D eigenvalue weighted by Gasteiger charge is 2.44. The molecule has 4 atom stereocenters. The van der Waals surface area contributed by atoms with Gasteiger partial charge in [-0.2, -0.15) is 4.98 Å². The van der Waals surface area contributed by atoms with E-state index in [1.165, 1.54) is 18.4 Å². The SMILES string of the molecule is C[C@@H]1CC2=CCCC(C)(C)[C@@H]2C[C@H]1[C@@H]1Nc2ccccc2-c2nnc(SCc3ccccc3)nc2O1. The highest BCUT2D eigenvalue weighted by molar-refractivity contribution is 7.98. The first kappa shape index (κ1) is 23.5. The number of anilines is 1. The second kappa shape index (κ2) is 9.55. The van der Waals surface area contributed by atoms with Gasteiger partial charge in [0.15, 0.2) is 11.9 Å². The Balaban J connectivity index is 1.31. The predicted molar refractivity (Wildman–Crippen MR) is 146 cm³/mol. The first-order valence-electron chi connectivity index (χ1n) is 13.1. The van der Waals surface area contributed by atoms with Gasteiger partial charge in [-0.25, -0.2) is 0 Å². The van der Waals surface area contributed by atoms with Crippen LogP contribution in [0, 0.1) is 23.2 Å². The van der Waals surface area contributed by atoms with E-state index in [1.54, 1.807) is 17.3 Å². The van der Waals surface area contributed by atoms with E-state index < -0.39 is 0 Å². The molecule has 1 fully saturated rings. The standard InChI is InChI=1S/C30H34N4OS/c1-19-16-21-12-9-15-30(2,3)24(21)17-23(19)27-31-25-14-8-7-13-22(25)26-28(35-27)32-29(34-33-26)36-18-20-10-5-4-6-11-20/h4-8,10-14,19,23-24,27,31H,9,15-18H2,1-3H3/t19-,23-,24-,27-/m1/s1. The summed E-state index contributed by atoms with van der Waals surface area (Å²) in [4.78, 5) is 4.88. The van der Waals surface area contributed by atoms with Crippen LogP contribution in [-0.2, 0) is 5.75 Å². The van der Waals surface area contributed by atoms with Crippen molar-refractivity contribution in [1.82, 2.24) is 15.2 Å². The normalized spacial score (nSPS) is 26.2. The summed E-state index contributed by atoms with van der Waals surface area (Å²) in [7, 11) is 0. The third-order valence-corrected chi connectivity index (χ3v) is 9.24. The van der Waals surface area contributed by atoms with Gasteiger partial charge in [0.1, 0.15) is 0 Å². The minimum Gasteiger partial charge on any atom is -0.452 e. The van der Waals surface area contributed by atoms with Gasteiger partial charge < -0.3 is 10.1 Å². The fourth-order valence-electron chi connectivity index (χ4n) is 6.24. The molecular formula is C30H34N4OS. The van der Waals surface area contributed by atoms with E-state index >= 15 is 0 Å². The molecule has 1 aromatic heterocycles. The number of nitrogens with one attached hydrogen (secondary N) is 1. The van der Waals surface area contributed by atoms with Crippen LogP contribution >= 0.6 is 11.8 Å². The molecule has 0 radical (unpaired) electrons. The van der Waals surface area contributed by atoms with Crippen molar-refractivity contribution in [2.75, 3.05) is 5.32 Å². The Morgan fingerprint density at radius 1 is 1.06 bits per heavy atom. The van der Waals surface area contributed by atoms with E-state index in [1.807, 2.05) is 12.1 Å². The van der Waals surface area contributed by atoms with E-state index in [9.17, 15) is 0 Å². The molecule has 0 bridgehead atoms. The summed E-state index contributed by atoms with van der Waals surface area (Å²) >= 11 is 1.59. The maximum Gasteiger partial charge on any atom is 0.247 e. The van der Waals surface area contributed by atoms with Gasteiger partial charge in [-0.3, -0.25) is 0 Å². The van der Waals surface area contributed by atoms with Crippen molar-refractivity contribution in [3.05, 3.63) is 71.8 Å². The molecule has 2 aliphatic carbocycles. The highest BCUT2D eigenvalue weighted by atomic mass is 32.2. The molecule has 0 unspecified atom stereocenters. The van der Waals surface area contributed by atoms with Gasteiger partial charge in [0, 0.05) is 22.9 Å². The Morgan fingerprint density at radius 2 is 1.86 bits per heavy atom. The van der Waals surface area contributed by atoms with Crippen LogP contribution < -0.4 is 10.1 Å². The molecule has 3 aromatic rings. The van der Waals surface area contributed by atoms with Crippen LogP contribution in [-0.4, -0.2) is 21.4 Å². The summed E-state index contributed by atoms with van der Waals surface area (Å²) in [6.07, 6.45) is 7.10. The van der Waals surface area contributed by atoms with Crippen molar-refractivity contribution in [2.45, 2.75) is 63.6 Å². The Hall–Kier alpha value is -2.86. The second-order valence-corrected chi connectivity index (χ2v) is 12.1. The molecule has 0 amide bonds. The topological polar surface area (TPSA) is 59.9 Å². The zero-order valence-electron chi connectivity index (χ0n) is 21.3. The van der Waals surface area contributed by atoms with Crippen LogP contribution in [0.15, 0.2) is 71.4 Å². The molecule has 1 saturated carbocycles. The number of ether oxygens (including phenoxy) is 1. The quantitative estimate of drug-likeness (QED) is 0.299. The van der Waals surface area contributed by atoms with Gasteiger partial charge in [0.05, 0.1) is 0 Å². The predicted octanol–water partition coefficient (Wildman–Crippen LogP) is 7.37. The van der Waals surface area contributed by atoms with Crippen LogP contribution in [0.5, 0.6) is 5.88 Å². The van der Waals surface area contributed by atoms with Gasteiger partial charge in [-0.1, -0.05) is 92.7 Å². The number of thioether (sulfide) groups is 1. The first-order valence-corrected chi connectivity index (χ1v) is 14.1. The molecule has 1 aliphatic heterocycles. The average molecular weight is 499 g/mol. The smallest absolute Gasteiger partial charge is 0.247 e. The molecule has 186 valence electrons. The lowest BCUT2D eigenvalue weighted by atomic mass is 9.59. The fourth-order valence-corrected chi connectivity index (χ4v) is 6.97. The lowest BCUT2D eigenvalue weighted by Gasteiger charge is -2.48. The van der Waals surface area contributed by atoms with Gasteiger partial charge in [0.25, 0.3) is 0 Å². The number of aromatic nitrogens is 3. The first-order chi connectivity index (χ1) is 17.5. The molecular weight excluding hydrogens is 464 g/mol. The Morgan fingerprint density at radius 3 is 2.72 bits per heavy atom. The zero-order valence-corrected chi connectivity index (χ0v) is 22.1. The fraction of sp³-hybridized carbons (Fsp3) is 0.433. The van der Waals surface area contributed by atoms with Crippen molar-refractivity contribution in [3.63, 3.8) is 0 Å². The number of benzene rings is 2. The van der Waals surface area contributed by atoms with Crippen molar-refractivity contribution in [3.8, 4) is 17.1 Å². The summed E-state index contributed by atoms with van der Waals surface area (Å²) in [6, 6.07) is 18.7. The second-order valence-electron chi connectivity index (χ2n) is 11.2. The van der Waals surface area contributed by atoms with Gasteiger partial charge in [0.2, 0.25) is 11.0 Å². The molecule has 2 heterocycles. The number of para-hydroxylation sites is 1. The summed E-state index contributed by atoms with van der Waals surface area (Å²) in [6.45, 7) is 7.26. The van der Waals surface area contributed by atoms with Crippen LogP contribution in [0.4, 0.5) is 5.69 Å². The van der Waals surface area contributed by atoms with Crippen molar-refractivity contribution in [2.24, 2.45) is 23.2 Å².